The second-order valence-corrected chi connectivity index (χ2v) is 4.32. The van der Waals surface area contributed by atoms with E-state index in [1.807, 2.05) is 6.92 Å². The maximum Gasteiger partial charge on any atom is 0.151 e. The van der Waals surface area contributed by atoms with Gasteiger partial charge in [0.15, 0.2) is 11.6 Å². The lowest BCUT2D eigenvalue weighted by atomic mass is 10.2. The Labute approximate surface area is 94.0 Å². The molecule has 0 radical (unpaired) electrons. The van der Waals surface area contributed by atoms with Crippen LogP contribution < -0.4 is 10.6 Å². The highest BCUT2D eigenvalue weighted by atomic mass is 19.1. The van der Waals surface area contributed by atoms with Crippen molar-refractivity contribution in [2.24, 2.45) is 5.92 Å². The molecule has 2 nitrogen and oxygen atoms in total. The van der Waals surface area contributed by atoms with Gasteiger partial charge in [0.25, 0.3) is 0 Å². The Hall–Kier alpha value is -1.32. The first-order valence-corrected chi connectivity index (χ1v) is 5.61. The van der Waals surface area contributed by atoms with E-state index in [1.165, 1.54) is 12.1 Å². The fraction of sp³-hybridized carbons (Fsp3) is 0.500. The third kappa shape index (κ3) is 2.26. The van der Waals surface area contributed by atoms with Crippen LogP contribution in [0.3, 0.4) is 0 Å². The first-order chi connectivity index (χ1) is 7.61. The Morgan fingerprint density at radius 1 is 1.31 bits per heavy atom. The Morgan fingerprint density at radius 2 is 1.88 bits per heavy atom. The predicted molar refractivity (Wildman–Crippen MR) is 61.4 cm³/mol. The van der Waals surface area contributed by atoms with Crippen LogP contribution in [0.5, 0.6) is 0 Å². The summed E-state index contributed by atoms with van der Waals surface area (Å²) in [5.74, 6) is -0.545. The van der Waals surface area contributed by atoms with E-state index in [1.54, 1.807) is 4.90 Å². The quantitative estimate of drug-likeness (QED) is 0.800. The molecule has 0 saturated heterocycles. The molecular weight excluding hydrogens is 210 g/mol. The second-order valence-electron chi connectivity index (χ2n) is 4.32. The van der Waals surface area contributed by atoms with Crippen LogP contribution in [0, 0.1) is 17.6 Å². The molecule has 88 valence electrons. The summed E-state index contributed by atoms with van der Waals surface area (Å²) in [6, 6.07) is 2.35. The van der Waals surface area contributed by atoms with Gasteiger partial charge >= 0.3 is 0 Å². The monoisotopic (exact) mass is 226 g/mol. The number of benzene rings is 1. The Bertz CT molecular complexity index is 366. The topological polar surface area (TPSA) is 29.3 Å². The molecule has 0 spiro atoms. The molecule has 1 saturated carbocycles. The molecule has 16 heavy (non-hydrogen) atoms. The summed E-state index contributed by atoms with van der Waals surface area (Å²) in [5.41, 5.74) is 5.57. The van der Waals surface area contributed by atoms with Crippen molar-refractivity contribution in [3.05, 3.63) is 23.8 Å². The highest BCUT2D eigenvalue weighted by Crippen LogP contribution is 2.33. The van der Waals surface area contributed by atoms with Crippen LogP contribution in [-0.4, -0.2) is 13.1 Å². The summed E-state index contributed by atoms with van der Waals surface area (Å²) in [5, 5.41) is 0. The zero-order valence-corrected chi connectivity index (χ0v) is 9.34. The Morgan fingerprint density at radius 3 is 2.31 bits per heavy atom. The molecule has 0 amide bonds. The molecule has 1 aliphatic carbocycles. The van der Waals surface area contributed by atoms with Gasteiger partial charge in [-0.25, -0.2) is 8.78 Å². The van der Waals surface area contributed by atoms with Crippen molar-refractivity contribution in [3.8, 4) is 0 Å². The van der Waals surface area contributed by atoms with E-state index in [-0.39, 0.29) is 11.4 Å². The van der Waals surface area contributed by atoms with Gasteiger partial charge in [0.1, 0.15) is 5.69 Å². The van der Waals surface area contributed by atoms with Gasteiger partial charge in [-0.3, -0.25) is 0 Å². The molecule has 0 aromatic heterocycles. The molecule has 0 bridgehead atoms. The van der Waals surface area contributed by atoms with Gasteiger partial charge in [0.2, 0.25) is 0 Å². The number of hydrogen-bond donors (Lipinski definition) is 1. The molecule has 0 unspecified atom stereocenters. The Balaban J connectivity index is 2.28. The highest BCUT2D eigenvalue weighted by Gasteiger charge is 2.26. The first-order valence-electron chi connectivity index (χ1n) is 5.61. The summed E-state index contributed by atoms with van der Waals surface area (Å²) in [6.45, 7) is 3.24. The van der Waals surface area contributed by atoms with Crippen molar-refractivity contribution in [3.63, 3.8) is 0 Å². The maximum absolute atomic E-state index is 13.7. The van der Waals surface area contributed by atoms with E-state index in [0.717, 1.165) is 19.4 Å². The van der Waals surface area contributed by atoms with Gasteiger partial charge in [-0.1, -0.05) is 0 Å². The average molecular weight is 226 g/mol. The average Bonchev–Trinajstić information content (AvgIpc) is 2.98. The molecule has 2 rings (SSSR count). The van der Waals surface area contributed by atoms with Crippen molar-refractivity contribution in [1.82, 2.24) is 0 Å². The standard InChI is InChI=1S/C12H16F2N2/c1-2-16(7-8-3-4-8)12-10(13)5-9(15)6-11(12)14/h5-6,8H,2-4,7,15H2,1H3. The summed E-state index contributed by atoms with van der Waals surface area (Å²) in [4.78, 5) is 1.75. The minimum Gasteiger partial charge on any atom is -0.399 e. The minimum atomic E-state index is -0.569. The SMILES string of the molecule is CCN(CC1CC1)c1c(F)cc(N)cc1F. The molecule has 0 aliphatic heterocycles. The zero-order valence-electron chi connectivity index (χ0n) is 9.34. The molecule has 1 aromatic rings. The molecule has 0 heterocycles. The van der Waals surface area contributed by atoms with Crippen molar-refractivity contribution in [1.29, 1.82) is 0 Å². The fourth-order valence-electron chi connectivity index (χ4n) is 1.88. The molecule has 2 N–H and O–H groups in total. The second kappa shape index (κ2) is 4.28. The summed E-state index contributed by atoms with van der Waals surface area (Å²) < 4.78 is 27.3. The molecule has 1 fully saturated rings. The minimum absolute atomic E-state index is 0.0589. The number of nitrogens with two attached hydrogens (primary N) is 1. The van der Waals surface area contributed by atoms with Gasteiger partial charge in [-0.05, 0) is 37.8 Å². The number of nitrogens with zero attached hydrogens (tertiary/aromatic N) is 1. The van der Waals surface area contributed by atoms with Crippen LogP contribution in [0.25, 0.3) is 0 Å². The summed E-state index contributed by atoms with van der Waals surface area (Å²) in [7, 11) is 0. The number of anilines is 2. The zero-order chi connectivity index (χ0) is 11.7. The van der Waals surface area contributed by atoms with Gasteiger partial charge in [-0.2, -0.15) is 0 Å². The number of rotatable bonds is 4. The van der Waals surface area contributed by atoms with Crippen molar-refractivity contribution < 1.29 is 8.78 Å². The molecule has 1 aliphatic rings. The van der Waals surface area contributed by atoms with Gasteiger partial charge < -0.3 is 10.6 Å². The van der Waals surface area contributed by atoms with Crippen molar-refractivity contribution in [2.75, 3.05) is 23.7 Å². The van der Waals surface area contributed by atoms with E-state index < -0.39 is 11.6 Å². The van der Waals surface area contributed by atoms with Gasteiger partial charge in [0.05, 0.1) is 0 Å². The number of nitrogen functional groups attached to an aromatic ring is 1. The number of halogens is 2. The lowest BCUT2D eigenvalue weighted by Crippen LogP contribution is -2.27. The van der Waals surface area contributed by atoms with E-state index in [2.05, 4.69) is 0 Å². The lowest BCUT2D eigenvalue weighted by molar-refractivity contribution is 0.568. The third-order valence-electron chi connectivity index (χ3n) is 2.91. The van der Waals surface area contributed by atoms with Crippen molar-refractivity contribution in [2.45, 2.75) is 19.8 Å². The normalized spacial score (nSPS) is 15.2. The van der Waals surface area contributed by atoms with Gasteiger partial charge in [-0.15, -0.1) is 0 Å². The highest BCUT2D eigenvalue weighted by molar-refractivity contribution is 5.55. The van der Waals surface area contributed by atoms with E-state index in [4.69, 9.17) is 5.73 Å². The van der Waals surface area contributed by atoms with E-state index >= 15 is 0 Å². The predicted octanol–water partition coefficient (Wildman–Crippen LogP) is 2.78. The summed E-state index contributed by atoms with van der Waals surface area (Å²) in [6.07, 6.45) is 2.32. The largest absolute Gasteiger partial charge is 0.399 e. The Kier molecular flexibility index (Phi) is 2.99. The van der Waals surface area contributed by atoms with Crippen LogP contribution in [0.1, 0.15) is 19.8 Å². The van der Waals surface area contributed by atoms with Crippen molar-refractivity contribution >= 4 is 11.4 Å². The van der Waals surface area contributed by atoms with Gasteiger partial charge in [0, 0.05) is 18.8 Å². The third-order valence-corrected chi connectivity index (χ3v) is 2.91. The van der Waals surface area contributed by atoms with E-state index in [0.29, 0.717) is 12.5 Å². The fourth-order valence-corrected chi connectivity index (χ4v) is 1.88. The van der Waals surface area contributed by atoms with Crippen LogP contribution >= 0.6 is 0 Å². The maximum atomic E-state index is 13.7. The lowest BCUT2D eigenvalue weighted by Gasteiger charge is -2.24. The summed E-state index contributed by atoms with van der Waals surface area (Å²) >= 11 is 0. The van der Waals surface area contributed by atoms with Crippen LogP contribution in [0.15, 0.2) is 12.1 Å². The number of hydrogen-bond acceptors (Lipinski definition) is 2. The van der Waals surface area contributed by atoms with Crippen LogP contribution in [-0.2, 0) is 0 Å². The molecule has 1 aromatic carbocycles. The van der Waals surface area contributed by atoms with Crippen LogP contribution in [0.4, 0.5) is 20.2 Å². The molecular formula is C12H16F2N2. The molecule has 4 heteroatoms. The van der Waals surface area contributed by atoms with Crippen LogP contribution in [0.2, 0.25) is 0 Å². The first kappa shape index (κ1) is 11.2. The smallest absolute Gasteiger partial charge is 0.151 e. The molecule has 0 atom stereocenters. The van der Waals surface area contributed by atoms with E-state index in [9.17, 15) is 8.78 Å².